The van der Waals surface area contributed by atoms with Gasteiger partial charge in [-0.3, -0.25) is 9.69 Å². The molecule has 0 heterocycles. The minimum absolute atomic E-state index is 0.265. The highest BCUT2D eigenvalue weighted by Crippen LogP contribution is 2.41. The van der Waals surface area contributed by atoms with Gasteiger partial charge in [0.05, 0.1) is 21.3 Å². The number of benzene rings is 1. The van der Waals surface area contributed by atoms with E-state index >= 15 is 0 Å². The van der Waals surface area contributed by atoms with Gasteiger partial charge in [0.25, 0.3) is 0 Å². The van der Waals surface area contributed by atoms with Crippen LogP contribution in [0.15, 0.2) is 12.1 Å². The predicted molar refractivity (Wildman–Crippen MR) is 82.7 cm³/mol. The van der Waals surface area contributed by atoms with Crippen LogP contribution in [0.1, 0.15) is 26.3 Å². The molecular weight excluding hydrogens is 374 g/mol. The summed E-state index contributed by atoms with van der Waals surface area (Å²) >= 11 is 11.3. The molecule has 1 N–H and O–H groups in total. The van der Waals surface area contributed by atoms with Crippen LogP contribution in [-0.4, -0.2) is 29.3 Å². The Morgan fingerprint density at radius 1 is 1.17 bits per heavy atom. The first kappa shape index (κ1) is 20.4. The Hall–Kier alpha value is -1.67. The Labute approximate surface area is 145 Å². The number of alkyl halides is 3. The molecule has 0 aliphatic rings. The average Bonchev–Trinajstić information content (AvgIpc) is 2.35. The van der Waals surface area contributed by atoms with Crippen molar-refractivity contribution < 1.29 is 32.6 Å². The maximum atomic E-state index is 13.2. The van der Waals surface area contributed by atoms with Gasteiger partial charge >= 0.3 is 18.2 Å². The molecule has 0 aliphatic heterocycles. The zero-order chi connectivity index (χ0) is 18.9. The number of anilines is 1. The molecule has 0 unspecified atom stereocenters. The molecule has 0 saturated carbocycles. The first-order chi connectivity index (χ1) is 10.7. The number of halogens is 5. The van der Waals surface area contributed by atoms with E-state index in [1.165, 1.54) is 20.8 Å². The third-order valence-corrected chi connectivity index (χ3v) is 3.26. The Kier molecular flexibility index (Phi) is 6.00. The molecule has 0 aliphatic carbocycles. The minimum atomic E-state index is -4.89. The van der Waals surface area contributed by atoms with Crippen molar-refractivity contribution in [3.8, 4) is 0 Å². The molecule has 0 spiro atoms. The number of carboxylic acid groups (broad SMARTS) is 1. The first-order valence-corrected chi connectivity index (χ1v) is 7.26. The molecule has 0 saturated heterocycles. The standard InChI is InChI=1S/C14H14Cl2F3NO4/c1-13(2,3)24-12(23)20(6-11(21)22)10-5-9(16)8(15)4-7(10)14(17,18)19/h4-5H,6H2,1-3H3,(H,21,22). The van der Waals surface area contributed by atoms with E-state index in [2.05, 4.69) is 0 Å². The Morgan fingerprint density at radius 2 is 1.67 bits per heavy atom. The molecule has 0 aromatic heterocycles. The lowest BCUT2D eigenvalue weighted by Gasteiger charge is -2.28. The molecule has 0 fully saturated rings. The molecule has 1 aromatic rings. The van der Waals surface area contributed by atoms with Crippen molar-refractivity contribution in [2.24, 2.45) is 0 Å². The third-order valence-electron chi connectivity index (χ3n) is 2.54. The fourth-order valence-electron chi connectivity index (χ4n) is 1.69. The van der Waals surface area contributed by atoms with Gasteiger partial charge in [-0.2, -0.15) is 13.2 Å². The van der Waals surface area contributed by atoms with E-state index in [4.69, 9.17) is 33.0 Å². The average molecular weight is 388 g/mol. The van der Waals surface area contributed by atoms with Gasteiger partial charge < -0.3 is 9.84 Å². The SMILES string of the molecule is CC(C)(C)OC(=O)N(CC(=O)O)c1cc(Cl)c(Cl)cc1C(F)(F)F. The summed E-state index contributed by atoms with van der Waals surface area (Å²) in [5.41, 5.74) is -3.10. The summed E-state index contributed by atoms with van der Waals surface area (Å²) in [7, 11) is 0. The van der Waals surface area contributed by atoms with Crippen LogP contribution in [0.25, 0.3) is 0 Å². The number of nitrogens with zero attached hydrogens (tertiary/aromatic N) is 1. The van der Waals surface area contributed by atoms with Crippen LogP contribution in [-0.2, 0) is 15.7 Å². The fourth-order valence-corrected chi connectivity index (χ4v) is 2.01. The number of ether oxygens (including phenoxy) is 1. The van der Waals surface area contributed by atoms with Crippen molar-refractivity contribution in [3.05, 3.63) is 27.7 Å². The highest BCUT2D eigenvalue weighted by molar-refractivity contribution is 6.42. The summed E-state index contributed by atoms with van der Waals surface area (Å²) in [6.45, 7) is 3.42. The first-order valence-electron chi connectivity index (χ1n) is 6.51. The largest absolute Gasteiger partial charge is 0.480 e. The van der Waals surface area contributed by atoms with Crippen molar-refractivity contribution in [1.29, 1.82) is 0 Å². The molecule has 0 atom stereocenters. The monoisotopic (exact) mass is 387 g/mol. The Bertz CT molecular complexity index is 657. The van der Waals surface area contributed by atoms with E-state index < -0.39 is 41.6 Å². The van der Waals surface area contributed by atoms with Crippen LogP contribution in [0.3, 0.4) is 0 Å². The number of hydrogen-bond acceptors (Lipinski definition) is 3. The lowest BCUT2D eigenvalue weighted by Crippen LogP contribution is -2.41. The van der Waals surface area contributed by atoms with Gasteiger partial charge in [0, 0.05) is 0 Å². The van der Waals surface area contributed by atoms with Crippen molar-refractivity contribution in [1.82, 2.24) is 0 Å². The second-order valence-electron chi connectivity index (χ2n) is 5.74. The Balaban J connectivity index is 3.50. The van der Waals surface area contributed by atoms with Crippen LogP contribution >= 0.6 is 23.2 Å². The normalized spacial score (nSPS) is 12.0. The topological polar surface area (TPSA) is 66.8 Å². The van der Waals surface area contributed by atoms with Crippen molar-refractivity contribution >= 4 is 41.0 Å². The second-order valence-corrected chi connectivity index (χ2v) is 6.56. The van der Waals surface area contributed by atoms with Crippen molar-refractivity contribution in [2.75, 3.05) is 11.4 Å². The van der Waals surface area contributed by atoms with Gasteiger partial charge in [-0.1, -0.05) is 23.2 Å². The Morgan fingerprint density at radius 3 is 2.08 bits per heavy atom. The lowest BCUT2D eigenvalue weighted by atomic mass is 10.1. The summed E-state index contributed by atoms with van der Waals surface area (Å²) in [6.07, 6.45) is -6.14. The second kappa shape index (κ2) is 7.06. The quantitative estimate of drug-likeness (QED) is 0.805. The van der Waals surface area contributed by atoms with Gasteiger partial charge in [-0.15, -0.1) is 0 Å². The van der Waals surface area contributed by atoms with Crippen molar-refractivity contribution in [3.63, 3.8) is 0 Å². The number of rotatable bonds is 3. The number of carbonyl (C=O) groups is 2. The van der Waals surface area contributed by atoms with Crippen LogP contribution < -0.4 is 4.90 Å². The van der Waals surface area contributed by atoms with Crippen molar-refractivity contribution in [2.45, 2.75) is 32.5 Å². The van der Waals surface area contributed by atoms with E-state index in [0.717, 1.165) is 6.07 Å². The molecule has 0 bridgehead atoms. The number of aliphatic carboxylic acids is 1. The predicted octanol–water partition coefficient (Wildman–Crippen LogP) is 4.84. The zero-order valence-corrected chi connectivity index (χ0v) is 14.4. The smallest absolute Gasteiger partial charge is 0.418 e. The van der Waals surface area contributed by atoms with E-state index in [0.29, 0.717) is 11.0 Å². The number of carboxylic acids is 1. The number of amides is 1. The van der Waals surface area contributed by atoms with Gasteiger partial charge in [-0.25, -0.2) is 4.79 Å². The van der Waals surface area contributed by atoms with E-state index in [1.54, 1.807) is 0 Å². The van der Waals surface area contributed by atoms with Crippen LogP contribution in [0.4, 0.5) is 23.7 Å². The number of hydrogen-bond donors (Lipinski definition) is 1. The van der Waals surface area contributed by atoms with Gasteiger partial charge in [0.2, 0.25) is 0 Å². The van der Waals surface area contributed by atoms with Crippen LogP contribution in [0.2, 0.25) is 10.0 Å². The summed E-state index contributed by atoms with van der Waals surface area (Å²) < 4.78 is 44.7. The molecule has 1 aromatic carbocycles. The van der Waals surface area contributed by atoms with Crippen LogP contribution in [0.5, 0.6) is 0 Å². The molecule has 24 heavy (non-hydrogen) atoms. The summed E-state index contributed by atoms with van der Waals surface area (Å²) in [5, 5.41) is 8.27. The van der Waals surface area contributed by atoms with E-state index in [9.17, 15) is 22.8 Å². The molecule has 134 valence electrons. The molecule has 0 radical (unpaired) electrons. The van der Waals surface area contributed by atoms with E-state index in [-0.39, 0.29) is 10.0 Å². The van der Waals surface area contributed by atoms with Gasteiger partial charge in [0.1, 0.15) is 12.1 Å². The minimum Gasteiger partial charge on any atom is -0.480 e. The molecule has 5 nitrogen and oxygen atoms in total. The summed E-state index contributed by atoms with van der Waals surface area (Å²) in [5.74, 6) is -1.53. The maximum Gasteiger partial charge on any atom is 0.418 e. The number of carbonyl (C=O) groups excluding carboxylic acids is 1. The van der Waals surface area contributed by atoms with Gasteiger partial charge in [0.15, 0.2) is 0 Å². The molecule has 1 rings (SSSR count). The lowest BCUT2D eigenvalue weighted by molar-refractivity contribution is -0.138. The fraction of sp³-hybridized carbons (Fsp3) is 0.429. The maximum absolute atomic E-state index is 13.2. The van der Waals surface area contributed by atoms with Gasteiger partial charge in [-0.05, 0) is 32.9 Å². The highest BCUT2D eigenvalue weighted by Gasteiger charge is 2.38. The molecular formula is C14H14Cl2F3NO4. The summed E-state index contributed by atoms with van der Waals surface area (Å²) in [6, 6.07) is 1.30. The zero-order valence-electron chi connectivity index (χ0n) is 12.9. The summed E-state index contributed by atoms with van der Waals surface area (Å²) in [4.78, 5) is 23.5. The van der Waals surface area contributed by atoms with E-state index in [1.807, 2.05) is 0 Å². The third kappa shape index (κ3) is 5.45. The molecule has 10 heteroatoms. The van der Waals surface area contributed by atoms with Crippen LogP contribution in [0, 0.1) is 0 Å². The highest BCUT2D eigenvalue weighted by atomic mass is 35.5. The molecule has 1 amide bonds.